The van der Waals surface area contributed by atoms with Crippen molar-refractivity contribution in [2.75, 3.05) is 0 Å². The Morgan fingerprint density at radius 2 is 1.00 bits per heavy atom. The Morgan fingerprint density at radius 3 is 1.57 bits per heavy atom. The largest absolute Gasteiger partial charge is 0.487 e. The van der Waals surface area contributed by atoms with E-state index in [4.69, 9.17) is 0 Å². The molecule has 0 amide bonds. The van der Waals surface area contributed by atoms with E-state index in [1.54, 1.807) is 0 Å². The van der Waals surface area contributed by atoms with Crippen LogP contribution >= 0.6 is 0 Å². The van der Waals surface area contributed by atoms with E-state index < -0.39 is 7.12 Å². The van der Waals surface area contributed by atoms with Gasteiger partial charge in [0.15, 0.2) is 0 Å². The Morgan fingerprint density at radius 1 is 0.514 bits per heavy atom. The monoisotopic (exact) mass is 447 g/mol. The summed E-state index contributed by atoms with van der Waals surface area (Å²) in [6, 6.07) is 19.2. The Hall–Kier alpha value is -2.88. The van der Waals surface area contributed by atoms with Crippen molar-refractivity contribution < 1.29 is 10.0 Å². The summed E-state index contributed by atoms with van der Waals surface area (Å²) in [5.74, 6) is 0. The predicted octanol–water partition coefficient (Wildman–Crippen LogP) is -8.06. The van der Waals surface area contributed by atoms with Gasteiger partial charge in [0.25, 0.3) is 0 Å². The zero-order valence-electron chi connectivity index (χ0n) is 21.6. The van der Waals surface area contributed by atoms with Crippen molar-refractivity contribution in [3.8, 4) is 16.8 Å². The summed E-state index contributed by atoms with van der Waals surface area (Å²) in [6.07, 6.45) is 0. The van der Waals surface area contributed by atoms with E-state index in [-0.39, 0.29) is 0 Å². The van der Waals surface area contributed by atoms with Crippen molar-refractivity contribution >= 4 is 128 Å². The molecule has 0 aliphatic carbocycles. The highest BCUT2D eigenvalue weighted by Gasteiger charge is 2.27. The molecule has 2 N–H and O–H groups in total. The van der Waals surface area contributed by atoms with Gasteiger partial charge in [0.05, 0.1) is 0 Å². The summed E-state index contributed by atoms with van der Waals surface area (Å²) in [6.45, 7) is 0. The number of fused-ring (bicyclic) bond motifs is 3. The van der Waals surface area contributed by atoms with Crippen LogP contribution in [0.15, 0.2) is 54.6 Å². The Labute approximate surface area is 213 Å². The molecule has 0 saturated heterocycles. The fraction of sp³-hybridized carbons (Fsp3) is 0. The summed E-state index contributed by atoms with van der Waals surface area (Å²) in [5.41, 5.74) is 14.5. The first-order chi connectivity index (χ1) is 16.6. The van der Waals surface area contributed by atoms with E-state index in [2.05, 4.69) is 92.3 Å². The van der Waals surface area contributed by atoms with Crippen LogP contribution in [0, 0.1) is 0 Å². The summed E-state index contributed by atoms with van der Waals surface area (Å²) >= 11 is 0. The Kier molecular flexibility index (Phi) is 5.89. The lowest BCUT2D eigenvalue weighted by atomic mass is 9.59. The second kappa shape index (κ2) is 8.65. The average molecular weight is 446 g/mol. The van der Waals surface area contributed by atoms with Gasteiger partial charge < -0.3 is 14.6 Å². The molecule has 0 unspecified atom stereocenters. The Balaban J connectivity index is 1.96. The van der Waals surface area contributed by atoms with Gasteiger partial charge in [-0.1, -0.05) is 75.2 Å². The van der Waals surface area contributed by atoms with Crippen LogP contribution in [0.25, 0.3) is 38.6 Å². The van der Waals surface area contributed by atoms with Crippen molar-refractivity contribution in [2.45, 2.75) is 0 Å². The van der Waals surface area contributed by atoms with E-state index in [9.17, 15) is 10.0 Å². The van der Waals surface area contributed by atoms with Crippen LogP contribution in [0.3, 0.4) is 0 Å². The number of hydrogen-bond donors (Lipinski definition) is 2. The third-order valence-electron chi connectivity index (χ3n) is 8.18. The molecule has 0 aliphatic heterocycles. The van der Waals surface area contributed by atoms with Crippen LogP contribution in [-0.4, -0.2) is 76.7 Å². The molecule has 35 heavy (non-hydrogen) atoms. The van der Waals surface area contributed by atoms with E-state index >= 15 is 0 Å². The van der Waals surface area contributed by atoms with Crippen LogP contribution in [-0.2, 0) is 0 Å². The molecule has 0 aliphatic rings. The van der Waals surface area contributed by atoms with Gasteiger partial charge >= 0.3 is 7.12 Å². The van der Waals surface area contributed by atoms with Crippen molar-refractivity contribution in [2.24, 2.45) is 0 Å². The molecule has 4 aromatic carbocycles. The third kappa shape index (κ3) is 3.48. The standard InChI is InChI=1S/C24H25B8NO2/c25-15-13-14-16(26)22(32(34)35)19(29)21(31)24(14)33(23(13)20(30)18(28)17(15)27)12-8-6-11(7-9-12)10-4-2-1-3-5-10/h1-9,34-35H,25-31H2. The smallest absolute Gasteiger partial charge is 0.423 e. The van der Waals surface area contributed by atoms with Gasteiger partial charge in [-0.25, -0.2) is 0 Å². The molecule has 0 radical (unpaired) electrons. The fourth-order valence-corrected chi connectivity index (χ4v) is 5.82. The van der Waals surface area contributed by atoms with Crippen LogP contribution in [0.2, 0.25) is 0 Å². The van der Waals surface area contributed by atoms with Crippen LogP contribution in [0.4, 0.5) is 0 Å². The van der Waals surface area contributed by atoms with E-state index in [0.29, 0.717) is 5.46 Å². The van der Waals surface area contributed by atoms with Gasteiger partial charge in [-0.05, 0) is 39.5 Å². The SMILES string of the molecule is Bc1c(B)c(B)c2c(c1B)c1c(B)c(B(O)O)c(B)c(B)c1n2-c1ccc(-c2ccccc2)cc1. The molecule has 1 aromatic heterocycles. The van der Waals surface area contributed by atoms with Crippen LogP contribution in [0.5, 0.6) is 0 Å². The molecule has 1 heterocycles. The van der Waals surface area contributed by atoms with Crippen molar-refractivity contribution in [3.63, 3.8) is 0 Å². The minimum atomic E-state index is -1.50. The van der Waals surface area contributed by atoms with Crippen molar-refractivity contribution in [1.29, 1.82) is 0 Å². The molecule has 0 spiro atoms. The first-order valence-corrected chi connectivity index (χ1v) is 12.2. The maximum Gasteiger partial charge on any atom is 0.487 e. The van der Waals surface area contributed by atoms with E-state index in [1.807, 2.05) is 21.8 Å². The maximum atomic E-state index is 10.3. The highest BCUT2D eigenvalue weighted by molar-refractivity contribution is 6.76. The minimum absolute atomic E-state index is 0.615. The first-order valence-electron chi connectivity index (χ1n) is 12.2. The van der Waals surface area contributed by atoms with E-state index in [0.717, 1.165) is 33.0 Å². The van der Waals surface area contributed by atoms with Gasteiger partial charge in [-0.2, -0.15) is 0 Å². The van der Waals surface area contributed by atoms with Gasteiger partial charge in [0.2, 0.25) is 0 Å². The lowest BCUT2D eigenvalue weighted by Crippen LogP contribution is -2.56. The van der Waals surface area contributed by atoms with E-state index in [1.165, 1.54) is 43.9 Å². The molecule has 5 rings (SSSR count). The quantitative estimate of drug-likeness (QED) is 0.271. The topological polar surface area (TPSA) is 45.4 Å². The zero-order valence-corrected chi connectivity index (χ0v) is 21.6. The summed E-state index contributed by atoms with van der Waals surface area (Å²) in [4.78, 5) is 0. The Bertz CT molecular complexity index is 1630. The number of aromatic nitrogens is 1. The number of benzene rings is 4. The highest BCUT2D eigenvalue weighted by atomic mass is 16.4. The molecule has 0 bridgehead atoms. The van der Waals surface area contributed by atoms with Crippen molar-refractivity contribution in [1.82, 2.24) is 4.57 Å². The normalized spacial score (nSPS) is 11.4. The molecule has 5 aromatic rings. The number of hydrogen-bond acceptors (Lipinski definition) is 2. The molecular weight excluding hydrogens is 421 g/mol. The third-order valence-corrected chi connectivity index (χ3v) is 8.18. The fourth-order valence-electron chi connectivity index (χ4n) is 5.82. The first kappa shape index (κ1) is 23.8. The highest BCUT2D eigenvalue weighted by Crippen LogP contribution is 2.28. The van der Waals surface area contributed by atoms with Gasteiger partial charge in [-0.3, -0.25) is 0 Å². The van der Waals surface area contributed by atoms with Gasteiger partial charge in [-0.15, -0.1) is 5.46 Å². The zero-order chi connectivity index (χ0) is 25.2. The summed E-state index contributed by atoms with van der Waals surface area (Å²) in [5, 5.41) is 22.9. The number of nitrogens with zero attached hydrogens (tertiary/aromatic N) is 1. The summed E-state index contributed by atoms with van der Waals surface area (Å²) in [7, 11) is 13.4. The molecule has 11 heteroatoms. The van der Waals surface area contributed by atoms with Crippen LogP contribution < -0.4 is 43.7 Å². The van der Waals surface area contributed by atoms with Crippen molar-refractivity contribution in [3.05, 3.63) is 54.6 Å². The molecular formula is C24H25B8NO2. The molecule has 0 atom stereocenters. The lowest BCUT2D eigenvalue weighted by Gasteiger charge is -2.18. The van der Waals surface area contributed by atoms with Gasteiger partial charge in [0.1, 0.15) is 54.9 Å². The molecule has 0 saturated carbocycles. The lowest BCUT2D eigenvalue weighted by molar-refractivity contribution is 0.426. The second-order valence-corrected chi connectivity index (χ2v) is 9.86. The number of rotatable bonds is 3. The summed E-state index contributed by atoms with van der Waals surface area (Å²) < 4.78 is 2.39. The predicted molar refractivity (Wildman–Crippen MR) is 173 cm³/mol. The second-order valence-electron chi connectivity index (χ2n) is 9.86. The minimum Gasteiger partial charge on any atom is -0.423 e. The molecule has 0 fully saturated rings. The van der Waals surface area contributed by atoms with Crippen LogP contribution in [0.1, 0.15) is 0 Å². The average Bonchev–Trinajstić information content (AvgIpc) is 3.22. The molecule has 3 nitrogen and oxygen atoms in total. The van der Waals surface area contributed by atoms with Gasteiger partial charge in [0, 0.05) is 16.7 Å². The maximum absolute atomic E-state index is 10.3. The molecule has 162 valence electrons.